The Morgan fingerprint density at radius 1 is 1.29 bits per heavy atom. The lowest BCUT2D eigenvalue weighted by atomic mass is 9.94. The van der Waals surface area contributed by atoms with E-state index in [-0.39, 0.29) is 10.7 Å². The van der Waals surface area contributed by atoms with Crippen LogP contribution in [0.25, 0.3) is 0 Å². The molecule has 21 heavy (non-hydrogen) atoms. The summed E-state index contributed by atoms with van der Waals surface area (Å²) in [4.78, 5) is 12.0. The Labute approximate surface area is 137 Å². The van der Waals surface area contributed by atoms with Crippen LogP contribution in [0.3, 0.4) is 0 Å². The predicted molar refractivity (Wildman–Crippen MR) is 89.4 cm³/mol. The molecule has 1 N–H and O–H groups in total. The Balaban J connectivity index is 2.02. The van der Waals surface area contributed by atoms with Crippen LogP contribution in [0.15, 0.2) is 36.4 Å². The second-order valence-corrected chi connectivity index (χ2v) is 6.56. The van der Waals surface area contributed by atoms with Gasteiger partial charge >= 0.3 is 0 Å². The highest BCUT2D eigenvalue weighted by atomic mass is 79.9. The highest BCUT2D eigenvalue weighted by Gasteiger charge is 2.20. The van der Waals surface area contributed by atoms with Crippen molar-refractivity contribution in [1.82, 2.24) is 5.32 Å². The number of rotatable bonds is 2. The summed E-state index contributed by atoms with van der Waals surface area (Å²) in [6.45, 7) is 2.73. The standard InChI is InChI=1S/C17H15BrClNO/c1-10-13(3-2-4-15(10)19)16(18)12-6-5-11-7-8-20-17(21)14(11)9-12/h2-6,9,16H,7-8H2,1H3,(H,20,21). The minimum atomic E-state index is 0.0145. The van der Waals surface area contributed by atoms with E-state index in [2.05, 4.69) is 39.4 Å². The van der Waals surface area contributed by atoms with Crippen molar-refractivity contribution < 1.29 is 4.79 Å². The lowest BCUT2D eigenvalue weighted by Crippen LogP contribution is -2.31. The SMILES string of the molecule is Cc1c(Cl)cccc1C(Br)c1ccc2c(c1)C(=O)NCC2. The Hall–Kier alpha value is -1.32. The minimum absolute atomic E-state index is 0.0145. The number of carbonyl (C=O) groups is 1. The number of alkyl halides is 1. The van der Waals surface area contributed by atoms with Gasteiger partial charge in [-0.15, -0.1) is 0 Å². The van der Waals surface area contributed by atoms with Crippen LogP contribution in [0.1, 0.15) is 37.4 Å². The van der Waals surface area contributed by atoms with E-state index in [0.717, 1.165) is 45.8 Å². The van der Waals surface area contributed by atoms with E-state index in [4.69, 9.17) is 11.6 Å². The molecule has 0 bridgehead atoms. The van der Waals surface area contributed by atoms with E-state index in [1.54, 1.807) is 0 Å². The van der Waals surface area contributed by atoms with E-state index in [9.17, 15) is 4.79 Å². The van der Waals surface area contributed by atoms with Crippen molar-refractivity contribution in [3.8, 4) is 0 Å². The zero-order valence-corrected chi connectivity index (χ0v) is 14.0. The number of hydrogen-bond acceptors (Lipinski definition) is 1. The number of benzene rings is 2. The molecule has 4 heteroatoms. The number of carbonyl (C=O) groups excluding carboxylic acids is 1. The third kappa shape index (κ3) is 2.72. The van der Waals surface area contributed by atoms with Gasteiger partial charge in [0.15, 0.2) is 0 Å². The molecule has 0 radical (unpaired) electrons. The Bertz CT molecular complexity index is 714. The lowest BCUT2D eigenvalue weighted by molar-refractivity contribution is 0.0946. The first-order chi connectivity index (χ1) is 10.1. The van der Waals surface area contributed by atoms with Crippen molar-refractivity contribution in [3.05, 3.63) is 69.2 Å². The molecule has 1 atom stereocenters. The largest absolute Gasteiger partial charge is 0.352 e. The van der Waals surface area contributed by atoms with Gasteiger partial charge in [0.2, 0.25) is 0 Å². The lowest BCUT2D eigenvalue weighted by Gasteiger charge is -2.20. The maximum absolute atomic E-state index is 12.0. The molecular formula is C17H15BrClNO. The molecular weight excluding hydrogens is 350 g/mol. The van der Waals surface area contributed by atoms with Gasteiger partial charge in [0.1, 0.15) is 0 Å². The second-order valence-electron chi connectivity index (χ2n) is 5.24. The smallest absolute Gasteiger partial charge is 0.251 e. The average molecular weight is 365 g/mol. The molecule has 1 aliphatic heterocycles. The van der Waals surface area contributed by atoms with Gasteiger partial charge in [0.05, 0.1) is 4.83 Å². The van der Waals surface area contributed by atoms with Crippen molar-refractivity contribution in [1.29, 1.82) is 0 Å². The molecule has 0 spiro atoms. The van der Waals surface area contributed by atoms with Gasteiger partial charge < -0.3 is 5.32 Å². The summed E-state index contributed by atoms with van der Waals surface area (Å²) in [5.74, 6) is 0.0145. The second kappa shape index (κ2) is 5.82. The molecule has 0 saturated heterocycles. The monoisotopic (exact) mass is 363 g/mol. The topological polar surface area (TPSA) is 29.1 Å². The summed E-state index contributed by atoms with van der Waals surface area (Å²) in [7, 11) is 0. The molecule has 2 nitrogen and oxygen atoms in total. The van der Waals surface area contributed by atoms with Crippen LogP contribution < -0.4 is 5.32 Å². The average Bonchev–Trinajstić information content (AvgIpc) is 2.49. The van der Waals surface area contributed by atoms with Gasteiger partial charge in [-0.25, -0.2) is 0 Å². The normalized spacial score (nSPS) is 15.3. The maximum atomic E-state index is 12.0. The molecule has 2 aromatic carbocycles. The predicted octanol–water partition coefficient (Wildman–Crippen LogP) is 4.42. The van der Waals surface area contributed by atoms with Gasteiger partial charge in [-0.1, -0.05) is 51.8 Å². The van der Waals surface area contributed by atoms with Crippen LogP contribution in [-0.2, 0) is 6.42 Å². The van der Waals surface area contributed by atoms with E-state index >= 15 is 0 Å². The van der Waals surface area contributed by atoms with Crippen LogP contribution in [0, 0.1) is 6.92 Å². The summed E-state index contributed by atoms with van der Waals surface area (Å²) in [5.41, 5.74) is 5.14. The van der Waals surface area contributed by atoms with Gasteiger partial charge in [-0.2, -0.15) is 0 Å². The fourth-order valence-corrected chi connectivity index (χ4v) is 3.63. The van der Waals surface area contributed by atoms with Crippen LogP contribution in [0.2, 0.25) is 5.02 Å². The van der Waals surface area contributed by atoms with E-state index in [0.29, 0.717) is 0 Å². The maximum Gasteiger partial charge on any atom is 0.251 e. The van der Waals surface area contributed by atoms with Crippen molar-refractivity contribution >= 4 is 33.4 Å². The third-order valence-electron chi connectivity index (χ3n) is 3.93. The van der Waals surface area contributed by atoms with Crippen LogP contribution in [0.5, 0.6) is 0 Å². The molecule has 3 rings (SSSR count). The fourth-order valence-electron chi connectivity index (χ4n) is 2.67. The number of halogens is 2. The van der Waals surface area contributed by atoms with Gasteiger partial charge in [-0.05, 0) is 47.7 Å². The summed E-state index contributed by atoms with van der Waals surface area (Å²) in [6, 6.07) is 12.0. The van der Waals surface area contributed by atoms with E-state index < -0.39 is 0 Å². The summed E-state index contributed by atoms with van der Waals surface area (Å²) in [5, 5.41) is 3.65. The van der Waals surface area contributed by atoms with Crippen LogP contribution in [0.4, 0.5) is 0 Å². The summed E-state index contributed by atoms with van der Waals surface area (Å²) >= 11 is 9.94. The van der Waals surface area contributed by atoms with E-state index in [1.165, 1.54) is 0 Å². The molecule has 1 unspecified atom stereocenters. The summed E-state index contributed by atoms with van der Waals surface area (Å²) < 4.78 is 0. The molecule has 0 fully saturated rings. The van der Waals surface area contributed by atoms with Crippen molar-refractivity contribution in [2.75, 3.05) is 6.54 Å². The Morgan fingerprint density at radius 2 is 2.10 bits per heavy atom. The molecule has 0 saturated carbocycles. The summed E-state index contributed by atoms with van der Waals surface area (Å²) in [6.07, 6.45) is 0.893. The minimum Gasteiger partial charge on any atom is -0.352 e. The van der Waals surface area contributed by atoms with Gasteiger partial charge in [-0.3, -0.25) is 4.79 Å². The van der Waals surface area contributed by atoms with E-state index in [1.807, 2.05) is 25.1 Å². The molecule has 1 aliphatic rings. The van der Waals surface area contributed by atoms with Crippen LogP contribution >= 0.6 is 27.5 Å². The number of amides is 1. The quantitative estimate of drug-likeness (QED) is 0.785. The molecule has 0 aromatic heterocycles. The molecule has 2 aromatic rings. The Kier molecular flexibility index (Phi) is 4.05. The molecule has 0 aliphatic carbocycles. The van der Waals surface area contributed by atoms with Crippen molar-refractivity contribution in [2.45, 2.75) is 18.2 Å². The zero-order chi connectivity index (χ0) is 15.0. The molecule has 1 amide bonds. The first-order valence-corrected chi connectivity index (χ1v) is 8.17. The van der Waals surface area contributed by atoms with Gasteiger partial charge in [0, 0.05) is 17.1 Å². The first kappa shape index (κ1) is 14.6. The number of hydrogen-bond donors (Lipinski definition) is 1. The van der Waals surface area contributed by atoms with Crippen LogP contribution in [-0.4, -0.2) is 12.5 Å². The van der Waals surface area contributed by atoms with Crippen molar-refractivity contribution in [2.24, 2.45) is 0 Å². The van der Waals surface area contributed by atoms with Crippen molar-refractivity contribution in [3.63, 3.8) is 0 Å². The number of fused-ring (bicyclic) bond motifs is 1. The number of nitrogens with one attached hydrogen (secondary N) is 1. The fraction of sp³-hybridized carbons (Fsp3) is 0.235. The highest BCUT2D eigenvalue weighted by Crippen LogP contribution is 2.36. The van der Waals surface area contributed by atoms with Gasteiger partial charge in [0.25, 0.3) is 5.91 Å². The third-order valence-corrected chi connectivity index (χ3v) is 5.37. The Morgan fingerprint density at radius 3 is 2.90 bits per heavy atom. The highest BCUT2D eigenvalue weighted by molar-refractivity contribution is 9.09. The zero-order valence-electron chi connectivity index (χ0n) is 11.6. The molecule has 108 valence electrons. The molecule has 1 heterocycles. The first-order valence-electron chi connectivity index (χ1n) is 6.88.